The molecule has 0 saturated carbocycles. The Morgan fingerprint density at radius 1 is 1.25 bits per heavy atom. The van der Waals surface area contributed by atoms with Crippen molar-refractivity contribution in [1.29, 1.82) is 0 Å². The second kappa shape index (κ2) is 6.47. The zero-order valence-electron chi connectivity index (χ0n) is 11.2. The van der Waals surface area contributed by atoms with Gasteiger partial charge in [-0.3, -0.25) is 0 Å². The largest absolute Gasteiger partial charge is 0.467 e. The molecular formula is C13H14ClFN4O. The van der Waals surface area contributed by atoms with E-state index < -0.39 is 5.82 Å². The van der Waals surface area contributed by atoms with Gasteiger partial charge in [0.05, 0.1) is 7.11 Å². The second-order valence-corrected chi connectivity index (χ2v) is 4.49. The van der Waals surface area contributed by atoms with Crippen molar-refractivity contribution < 1.29 is 9.13 Å². The number of ether oxygens (including phenoxy) is 1. The van der Waals surface area contributed by atoms with Crippen molar-refractivity contribution in [3.05, 3.63) is 29.0 Å². The van der Waals surface area contributed by atoms with Crippen LogP contribution in [0, 0.1) is 5.82 Å². The maximum atomic E-state index is 13.4. The lowest BCUT2D eigenvalue weighted by molar-refractivity contribution is 0.379. The van der Waals surface area contributed by atoms with E-state index in [0.717, 1.165) is 13.0 Å². The quantitative estimate of drug-likeness (QED) is 0.918. The predicted octanol–water partition coefficient (Wildman–Crippen LogP) is 3.16. The summed E-state index contributed by atoms with van der Waals surface area (Å²) >= 11 is 5.84. The summed E-state index contributed by atoms with van der Waals surface area (Å²) in [5, 5.41) is 3.32. The second-order valence-electron chi connectivity index (χ2n) is 4.05. The van der Waals surface area contributed by atoms with Gasteiger partial charge in [0, 0.05) is 17.1 Å². The van der Waals surface area contributed by atoms with Gasteiger partial charge in [-0.05, 0) is 24.6 Å². The van der Waals surface area contributed by atoms with Crippen LogP contribution in [0.15, 0.2) is 18.2 Å². The third-order valence-corrected chi connectivity index (χ3v) is 2.67. The average molecular weight is 297 g/mol. The van der Waals surface area contributed by atoms with Crippen LogP contribution in [-0.4, -0.2) is 28.6 Å². The fraction of sp³-hybridized carbons (Fsp3) is 0.308. The van der Waals surface area contributed by atoms with Gasteiger partial charge in [-0.25, -0.2) is 4.39 Å². The lowest BCUT2D eigenvalue weighted by Gasteiger charge is -2.08. The highest BCUT2D eigenvalue weighted by molar-refractivity contribution is 6.30. The van der Waals surface area contributed by atoms with Gasteiger partial charge in [-0.2, -0.15) is 15.0 Å². The molecule has 20 heavy (non-hydrogen) atoms. The predicted molar refractivity (Wildman–Crippen MR) is 75.6 cm³/mol. The number of aromatic nitrogens is 3. The maximum absolute atomic E-state index is 13.4. The molecule has 106 valence electrons. The zero-order chi connectivity index (χ0) is 14.5. The van der Waals surface area contributed by atoms with Crippen molar-refractivity contribution in [2.45, 2.75) is 13.3 Å². The fourth-order valence-corrected chi connectivity index (χ4v) is 1.80. The molecule has 0 bridgehead atoms. The Bertz CT molecular complexity index is 589. The summed E-state index contributed by atoms with van der Waals surface area (Å²) in [6.07, 6.45) is 0.926. The molecule has 1 N–H and O–H groups in total. The molecule has 0 aliphatic heterocycles. The van der Waals surface area contributed by atoms with Crippen LogP contribution >= 0.6 is 11.6 Å². The standard InChI is InChI=1S/C13H14ClFN4O/c1-3-4-16-12-17-11(18-13(19-12)20-2)8-5-9(14)7-10(15)6-8/h5-7H,3-4H2,1-2H3,(H,16,17,18,19). The molecule has 2 rings (SSSR count). The van der Waals surface area contributed by atoms with Gasteiger partial charge in [0.2, 0.25) is 5.95 Å². The van der Waals surface area contributed by atoms with Gasteiger partial charge < -0.3 is 10.1 Å². The van der Waals surface area contributed by atoms with Gasteiger partial charge in [0.1, 0.15) is 5.82 Å². The summed E-state index contributed by atoms with van der Waals surface area (Å²) < 4.78 is 18.4. The summed E-state index contributed by atoms with van der Waals surface area (Å²) in [6, 6.07) is 4.28. The molecule has 0 fully saturated rings. The van der Waals surface area contributed by atoms with Gasteiger partial charge in [-0.15, -0.1) is 0 Å². The highest BCUT2D eigenvalue weighted by Crippen LogP contribution is 2.23. The Morgan fingerprint density at radius 3 is 2.70 bits per heavy atom. The molecule has 1 aromatic carbocycles. The van der Waals surface area contributed by atoms with Crippen LogP contribution in [0.3, 0.4) is 0 Å². The lowest BCUT2D eigenvalue weighted by Crippen LogP contribution is -2.07. The van der Waals surface area contributed by atoms with Crippen LogP contribution < -0.4 is 10.1 Å². The number of hydrogen-bond donors (Lipinski definition) is 1. The molecule has 0 aliphatic carbocycles. The fourth-order valence-electron chi connectivity index (χ4n) is 1.58. The first-order chi connectivity index (χ1) is 9.62. The van der Waals surface area contributed by atoms with Gasteiger partial charge in [0.15, 0.2) is 5.82 Å². The molecule has 0 unspecified atom stereocenters. The molecule has 1 heterocycles. The topological polar surface area (TPSA) is 59.9 Å². The lowest BCUT2D eigenvalue weighted by atomic mass is 10.2. The minimum Gasteiger partial charge on any atom is -0.467 e. The van der Waals surface area contributed by atoms with E-state index in [-0.39, 0.29) is 11.0 Å². The van der Waals surface area contributed by atoms with E-state index in [4.69, 9.17) is 16.3 Å². The summed E-state index contributed by atoms with van der Waals surface area (Å²) in [7, 11) is 1.46. The van der Waals surface area contributed by atoms with Crippen LogP contribution in [0.2, 0.25) is 5.02 Å². The molecule has 1 aromatic heterocycles. The van der Waals surface area contributed by atoms with Crippen LogP contribution in [0.5, 0.6) is 6.01 Å². The number of nitrogens with one attached hydrogen (secondary N) is 1. The van der Waals surface area contributed by atoms with E-state index in [1.807, 2.05) is 6.92 Å². The smallest absolute Gasteiger partial charge is 0.321 e. The van der Waals surface area contributed by atoms with E-state index >= 15 is 0 Å². The third-order valence-electron chi connectivity index (χ3n) is 2.45. The SMILES string of the molecule is CCCNc1nc(OC)nc(-c2cc(F)cc(Cl)c2)n1. The van der Waals surface area contributed by atoms with Gasteiger partial charge >= 0.3 is 6.01 Å². The summed E-state index contributed by atoms with van der Waals surface area (Å²) in [4.78, 5) is 12.4. The van der Waals surface area contributed by atoms with E-state index in [0.29, 0.717) is 17.3 Å². The van der Waals surface area contributed by atoms with E-state index in [1.165, 1.54) is 19.2 Å². The van der Waals surface area contributed by atoms with Crippen molar-refractivity contribution in [2.24, 2.45) is 0 Å². The minimum atomic E-state index is -0.449. The Kier molecular flexibility index (Phi) is 4.68. The Hall–Kier alpha value is -1.95. The minimum absolute atomic E-state index is 0.161. The van der Waals surface area contributed by atoms with E-state index in [2.05, 4.69) is 20.3 Å². The number of hydrogen-bond acceptors (Lipinski definition) is 5. The van der Waals surface area contributed by atoms with E-state index in [9.17, 15) is 4.39 Å². The van der Waals surface area contributed by atoms with Crippen LogP contribution in [-0.2, 0) is 0 Å². The Morgan fingerprint density at radius 2 is 2.05 bits per heavy atom. The van der Waals surface area contributed by atoms with Crippen molar-refractivity contribution in [3.63, 3.8) is 0 Å². The van der Waals surface area contributed by atoms with Crippen LogP contribution in [0.25, 0.3) is 11.4 Å². The van der Waals surface area contributed by atoms with Crippen LogP contribution in [0.1, 0.15) is 13.3 Å². The number of nitrogens with zero attached hydrogens (tertiary/aromatic N) is 3. The molecule has 2 aromatic rings. The van der Waals surface area contributed by atoms with Gasteiger partial charge in [-0.1, -0.05) is 18.5 Å². The van der Waals surface area contributed by atoms with Crippen LogP contribution in [0.4, 0.5) is 10.3 Å². The highest BCUT2D eigenvalue weighted by Gasteiger charge is 2.10. The molecule has 7 heteroatoms. The summed E-state index contributed by atoms with van der Waals surface area (Å²) in [5.41, 5.74) is 0.468. The molecule has 0 saturated heterocycles. The normalized spacial score (nSPS) is 10.4. The first kappa shape index (κ1) is 14.5. The number of benzene rings is 1. The molecule has 0 amide bonds. The molecule has 0 aliphatic rings. The Balaban J connectivity index is 2.43. The summed E-state index contributed by atoms with van der Waals surface area (Å²) in [5.74, 6) is 0.237. The van der Waals surface area contributed by atoms with Crippen molar-refractivity contribution in [3.8, 4) is 17.4 Å². The number of methoxy groups -OCH3 is 1. The van der Waals surface area contributed by atoms with Gasteiger partial charge in [0.25, 0.3) is 0 Å². The third kappa shape index (κ3) is 3.54. The molecule has 5 nitrogen and oxygen atoms in total. The first-order valence-electron chi connectivity index (χ1n) is 6.12. The zero-order valence-corrected chi connectivity index (χ0v) is 11.9. The van der Waals surface area contributed by atoms with E-state index in [1.54, 1.807) is 6.07 Å². The van der Waals surface area contributed by atoms with Crippen molar-refractivity contribution in [2.75, 3.05) is 19.0 Å². The molecule has 0 radical (unpaired) electrons. The summed E-state index contributed by atoms with van der Waals surface area (Å²) in [6.45, 7) is 2.75. The van der Waals surface area contributed by atoms with Crippen molar-refractivity contribution >= 4 is 17.5 Å². The average Bonchev–Trinajstić information content (AvgIpc) is 2.43. The molecule has 0 atom stereocenters. The monoisotopic (exact) mass is 296 g/mol. The molecular weight excluding hydrogens is 283 g/mol. The number of rotatable bonds is 5. The number of halogens is 2. The number of anilines is 1. The molecule has 0 spiro atoms. The van der Waals surface area contributed by atoms with Crippen molar-refractivity contribution in [1.82, 2.24) is 15.0 Å². The Labute approximate surface area is 121 Å². The maximum Gasteiger partial charge on any atom is 0.321 e. The first-order valence-corrected chi connectivity index (χ1v) is 6.50. The highest BCUT2D eigenvalue weighted by atomic mass is 35.5.